The predicted molar refractivity (Wildman–Crippen MR) is 79.6 cm³/mol. The van der Waals surface area contributed by atoms with Gasteiger partial charge in [-0.25, -0.2) is 4.79 Å². The summed E-state index contributed by atoms with van der Waals surface area (Å²) in [4.78, 5) is 11.7. The van der Waals surface area contributed by atoms with E-state index in [4.69, 9.17) is 9.47 Å². The Balaban J connectivity index is 2.86. The first-order chi connectivity index (χ1) is 8.99. The highest BCUT2D eigenvalue weighted by atomic mass is 79.9. The summed E-state index contributed by atoms with van der Waals surface area (Å²) in [7, 11) is 1.39. The van der Waals surface area contributed by atoms with E-state index in [1.807, 2.05) is 26.0 Å². The summed E-state index contributed by atoms with van der Waals surface area (Å²) in [5, 5.41) is 0. The molecular formula is C15H21BrO3. The number of carbonyl (C=O) groups excluding carboxylic acids is 1. The number of unbranched alkanes of at least 4 members (excludes halogenated alkanes) is 1. The molecule has 3 nitrogen and oxygen atoms in total. The van der Waals surface area contributed by atoms with Crippen molar-refractivity contribution in [3.05, 3.63) is 27.7 Å². The third kappa shape index (κ3) is 4.53. The minimum atomic E-state index is -0.523. The Morgan fingerprint density at radius 2 is 1.89 bits per heavy atom. The van der Waals surface area contributed by atoms with Crippen LogP contribution in [0.2, 0.25) is 0 Å². The molecule has 0 saturated carbocycles. The Labute approximate surface area is 123 Å². The number of carbonyl (C=O) groups is 1. The fourth-order valence-electron chi connectivity index (χ4n) is 1.88. The lowest BCUT2D eigenvalue weighted by molar-refractivity contribution is -0.149. The standard InChI is InChI=1S/C15H21BrO3/c1-5-6-7-13(15(17)18-4)19-12-8-10(2)14(16)11(3)9-12/h8-9,13H,5-7H2,1-4H3. The highest BCUT2D eigenvalue weighted by molar-refractivity contribution is 9.10. The fourth-order valence-corrected chi connectivity index (χ4v) is 2.11. The van der Waals surface area contributed by atoms with Crippen LogP contribution < -0.4 is 4.74 Å². The van der Waals surface area contributed by atoms with Crippen LogP contribution in [0.25, 0.3) is 0 Å². The molecule has 0 aliphatic heterocycles. The molecule has 1 unspecified atom stereocenters. The molecule has 0 radical (unpaired) electrons. The minimum absolute atomic E-state index is 0.313. The Hall–Kier alpha value is -1.03. The number of hydrogen-bond donors (Lipinski definition) is 0. The third-order valence-corrected chi connectivity index (χ3v) is 4.22. The zero-order valence-corrected chi connectivity index (χ0v) is 13.5. The van der Waals surface area contributed by atoms with Crippen LogP contribution in [0.15, 0.2) is 16.6 Å². The lowest BCUT2D eigenvalue weighted by atomic mass is 10.1. The van der Waals surface area contributed by atoms with Gasteiger partial charge in [-0.2, -0.15) is 0 Å². The number of rotatable bonds is 6. The molecule has 0 N–H and O–H groups in total. The van der Waals surface area contributed by atoms with Gasteiger partial charge in [-0.05, 0) is 49.9 Å². The molecule has 0 spiro atoms. The zero-order chi connectivity index (χ0) is 14.4. The van der Waals surface area contributed by atoms with E-state index >= 15 is 0 Å². The van der Waals surface area contributed by atoms with Crippen LogP contribution in [0.1, 0.15) is 37.3 Å². The van der Waals surface area contributed by atoms with Crippen molar-refractivity contribution in [2.24, 2.45) is 0 Å². The number of benzene rings is 1. The van der Waals surface area contributed by atoms with E-state index < -0.39 is 6.10 Å². The highest BCUT2D eigenvalue weighted by Gasteiger charge is 2.21. The molecule has 1 aromatic carbocycles. The SMILES string of the molecule is CCCCC(Oc1cc(C)c(Br)c(C)c1)C(=O)OC. The van der Waals surface area contributed by atoms with Crippen LogP contribution in [0.5, 0.6) is 5.75 Å². The average molecular weight is 329 g/mol. The molecule has 0 fully saturated rings. The van der Waals surface area contributed by atoms with Gasteiger partial charge in [0.15, 0.2) is 6.10 Å². The monoisotopic (exact) mass is 328 g/mol. The Morgan fingerprint density at radius 1 is 1.32 bits per heavy atom. The van der Waals surface area contributed by atoms with E-state index in [9.17, 15) is 4.79 Å². The van der Waals surface area contributed by atoms with Gasteiger partial charge in [0.1, 0.15) is 5.75 Å². The first-order valence-electron chi connectivity index (χ1n) is 6.50. The van der Waals surface area contributed by atoms with E-state index in [0.29, 0.717) is 12.2 Å². The maximum absolute atomic E-state index is 11.7. The van der Waals surface area contributed by atoms with Crippen molar-refractivity contribution >= 4 is 21.9 Å². The molecular weight excluding hydrogens is 308 g/mol. The minimum Gasteiger partial charge on any atom is -0.479 e. The molecule has 0 aliphatic carbocycles. The van der Waals surface area contributed by atoms with Gasteiger partial charge in [0.2, 0.25) is 0 Å². The second kappa shape index (κ2) is 7.53. The van der Waals surface area contributed by atoms with Crippen molar-refractivity contribution in [3.63, 3.8) is 0 Å². The molecule has 0 bridgehead atoms. The van der Waals surface area contributed by atoms with Gasteiger partial charge in [0, 0.05) is 4.47 Å². The van der Waals surface area contributed by atoms with Crippen molar-refractivity contribution < 1.29 is 14.3 Å². The van der Waals surface area contributed by atoms with Gasteiger partial charge in [0.25, 0.3) is 0 Å². The van der Waals surface area contributed by atoms with E-state index in [2.05, 4.69) is 22.9 Å². The summed E-state index contributed by atoms with van der Waals surface area (Å²) in [6, 6.07) is 3.86. The highest BCUT2D eigenvalue weighted by Crippen LogP contribution is 2.27. The summed E-state index contributed by atoms with van der Waals surface area (Å²) < 4.78 is 11.7. The summed E-state index contributed by atoms with van der Waals surface area (Å²) in [5.74, 6) is 0.399. The molecule has 0 heterocycles. The number of aryl methyl sites for hydroxylation is 2. The number of methoxy groups -OCH3 is 1. The van der Waals surface area contributed by atoms with Crippen LogP contribution in [-0.2, 0) is 9.53 Å². The first kappa shape index (κ1) is 16.0. The molecule has 4 heteroatoms. The number of ether oxygens (including phenoxy) is 2. The van der Waals surface area contributed by atoms with E-state index in [1.165, 1.54) is 7.11 Å². The van der Waals surface area contributed by atoms with Gasteiger partial charge in [-0.3, -0.25) is 0 Å². The first-order valence-corrected chi connectivity index (χ1v) is 7.30. The molecule has 0 saturated heterocycles. The smallest absolute Gasteiger partial charge is 0.347 e. The van der Waals surface area contributed by atoms with Gasteiger partial charge >= 0.3 is 5.97 Å². The summed E-state index contributed by atoms with van der Waals surface area (Å²) in [5.41, 5.74) is 2.18. The molecule has 106 valence electrons. The van der Waals surface area contributed by atoms with Crippen molar-refractivity contribution in [1.82, 2.24) is 0 Å². The number of hydrogen-bond acceptors (Lipinski definition) is 3. The number of esters is 1. The largest absolute Gasteiger partial charge is 0.479 e. The van der Waals surface area contributed by atoms with Crippen molar-refractivity contribution in [1.29, 1.82) is 0 Å². The van der Waals surface area contributed by atoms with Gasteiger partial charge in [0.05, 0.1) is 7.11 Å². The second-order valence-electron chi connectivity index (χ2n) is 4.64. The molecule has 1 aromatic rings. The van der Waals surface area contributed by atoms with E-state index in [0.717, 1.165) is 28.4 Å². The lowest BCUT2D eigenvalue weighted by Gasteiger charge is -2.18. The summed E-state index contributed by atoms with van der Waals surface area (Å²) in [6.07, 6.45) is 2.12. The van der Waals surface area contributed by atoms with Crippen LogP contribution >= 0.6 is 15.9 Å². The zero-order valence-electron chi connectivity index (χ0n) is 12.0. The van der Waals surface area contributed by atoms with Crippen molar-refractivity contribution in [2.45, 2.75) is 46.1 Å². The molecule has 0 aromatic heterocycles. The normalized spacial score (nSPS) is 12.1. The van der Waals surface area contributed by atoms with Crippen molar-refractivity contribution in [3.8, 4) is 5.75 Å². The number of halogens is 1. The Kier molecular flexibility index (Phi) is 6.35. The maximum atomic E-state index is 11.7. The Bertz CT molecular complexity index is 420. The second-order valence-corrected chi connectivity index (χ2v) is 5.44. The van der Waals surface area contributed by atoms with E-state index in [-0.39, 0.29) is 5.97 Å². The maximum Gasteiger partial charge on any atom is 0.347 e. The molecule has 0 aliphatic rings. The van der Waals surface area contributed by atoms with Crippen LogP contribution in [0.3, 0.4) is 0 Å². The predicted octanol–water partition coefficient (Wildman–Crippen LogP) is 4.18. The van der Waals surface area contributed by atoms with Gasteiger partial charge < -0.3 is 9.47 Å². The average Bonchev–Trinajstić information content (AvgIpc) is 2.39. The fraction of sp³-hybridized carbons (Fsp3) is 0.533. The van der Waals surface area contributed by atoms with Gasteiger partial charge in [-0.1, -0.05) is 29.3 Å². The molecule has 1 rings (SSSR count). The van der Waals surface area contributed by atoms with Crippen LogP contribution in [0, 0.1) is 13.8 Å². The van der Waals surface area contributed by atoms with Gasteiger partial charge in [-0.15, -0.1) is 0 Å². The summed E-state index contributed by atoms with van der Waals surface area (Å²) in [6.45, 7) is 6.09. The molecule has 19 heavy (non-hydrogen) atoms. The molecule has 0 amide bonds. The Morgan fingerprint density at radius 3 is 2.37 bits per heavy atom. The van der Waals surface area contributed by atoms with E-state index in [1.54, 1.807) is 0 Å². The summed E-state index contributed by atoms with van der Waals surface area (Å²) >= 11 is 3.52. The topological polar surface area (TPSA) is 35.5 Å². The third-order valence-electron chi connectivity index (χ3n) is 2.97. The molecule has 1 atom stereocenters. The van der Waals surface area contributed by atoms with Crippen molar-refractivity contribution in [2.75, 3.05) is 7.11 Å². The van der Waals surface area contributed by atoms with Crippen LogP contribution in [0.4, 0.5) is 0 Å². The lowest BCUT2D eigenvalue weighted by Crippen LogP contribution is -2.28. The van der Waals surface area contributed by atoms with Crippen LogP contribution in [-0.4, -0.2) is 19.2 Å². The quantitative estimate of drug-likeness (QED) is 0.735.